The Hall–Kier alpha value is -2.62. The quantitative estimate of drug-likeness (QED) is 0.488. The number of carbonyl (C=O) groups is 1. The van der Waals surface area contributed by atoms with E-state index >= 15 is 0 Å². The van der Waals surface area contributed by atoms with Gasteiger partial charge in [0.05, 0.1) is 23.7 Å². The molecule has 0 radical (unpaired) electrons. The highest BCUT2D eigenvalue weighted by atomic mass is 32.1. The number of benzene rings is 1. The van der Waals surface area contributed by atoms with Gasteiger partial charge in [0.2, 0.25) is 5.91 Å². The summed E-state index contributed by atoms with van der Waals surface area (Å²) in [5, 5.41) is 7.03. The normalized spacial score (nSPS) is 12.0. The SMILES string of the molecule is CCc1cnc(CCNC(=NCc2cccc(C(F)(F)F)c2)NCC(=O)N(C)C)s1. The number of thiazole rings is 1. The highest BCUT2D eigenvalue weighted by Gasteiger charge is 2.30. The number of aromatic nitrogens is 1. The number of rotatable bonds is 8. The molecule has 0 atom stereocenters. The second-order valence-corrected chi connectivity index (χ2v) is 7.96. The van der Waals surface area contributed by atoms with E-state index in [0.29, 0.717) is 24.5 Å². The van der Waals surface area contributed by atoms with E-state index in [0.717, 1.165) is 23.6 Å². The fraction of sp³-hybridized carbons (Fsp3) is 0.450. The minimum atomic E-state index is -4.40. The van der Waals surface area contributed by atoms with Crippen LogP contribution in [0.1, 0.15) is 27.9 Å². The number of carbonyl (C=O) groups excluding carboxylic acids is 1. The number of hydrogen-bond acceptors (Lipinski definition) is 4. The molecular formula is C20H26F3N5OS. The van der Waals surface area contributed by atoms with Crippen LogP contribution >= 0.6 is 11.3 Å². The van der Waals surface area contributed by atoms with E-state index in [1.807, 2.05) is 6.20 Å². The van der Waals surface area contributed by atoms with Gasteiger partial charge in [0.25, 0.3) is 0 Å². The van der Waals surface area contributed by atoms with Crippen LogP contribution in [0, 0.1) is 0 Å². The third kappa shape index (κ3) is 7.66. The summed E-state index contributed by atoms with van der Waals surface area (Å²) in [6, 6.07) is 5.05. The van der Waals surface area contributed by atoms with Crippen LogP contribution in [0.15, 0.2) is 35.5 Å². The maximum atomic E-state index is 12.9. The van der Waals surface area contributed by atoms with Crippen molar-refractivity contribution in [2.24, 2.45) is 4.99 Å². The molecule has 164 valence electrons. The number of nitrogens with one attached hydrogen (secondary N) is 2. The molecule has 0 spiro atoms. The van der Waals surface area contributed by atoms with Gasteiger partial charge in [0.15, 0.2) is 5.96 Å². The molecule has 1 heterocycles. The fourth-order valence-corrected chi connectivity index (χ4v) is 3.28. The van der Waals surface area contributed by atoms with Gasteiger partial charge in [-0.25, -0.2) is 9.98 Å². The molecule has 6 nitrogen and oxygen atoms in total. The Morgan fingerprint density at radius 3 is 2.67 bits per heavy atom. The Labute approximate surface area is 178 Å². The van der Waals surface area contributed by atoms with Crippen LogP contribution < -0.4 is 10.6 Å². The van der Waals surface area contributed by atoms with Crippen molar-refractivity contribution in [2.75, 3.05) is 27.2 Å². The highest BCUT2D eigenvalue weighted by molar-refractivity contribution is 7.11. The van der Waals surface area contributed by atoms with Crippen LogP contribution in [0.2, 0.25) is 0 Å². The molecule has 1 amide bonds. The van der Waals surface area contributed by atoms with Gasteiger partial charge >= 0.3 is 6.18 Å². The summed E-state index contributed by atoms with van der Waals surface area (Å²) >= 11 is 1.64. The van der Waals surface area contributed by atoms with Gasteiger partial charge in [-0.3, -0.25) is 4.79 Å². The predicted molar refractivity (Wildman–Crippen MR) is 112 cm³/mol. The second-order valence-electron chi connectivity index (χ2n) is 6.76. The number of guanidine groups is 1. The minimum Gasteiger partial charge on any atom is -0.356 e. The molecule has 0 unspecified atom stereocenters. The fourth-order valence-electron chi connectivity index (χ4n) is 2.42. The van der Waals surface area contributed by atoms with E-state index in [1.165, 1.54) is 15.8 Å². The van der Waals surface area contributed by atoms with Crippen LogP contribution in [0.3, 0.4) is 0 Å². The number of alkyl halides is 3. The van der Waals surface area contributed by atoms with Crippen molar-refractivity contribution in [2.45, 2.75) is 32.5 Å². The van der Waals surface area contributed by atoms with Crippen molar-refractivity contribution in [3.05, 3.63) is 51.5 Å². The molecule has 0 saturated carbocycles. The monoisotopic (exact) mass is 441 g/mol. The second kappa shape index (κ2) is 11.0. The first-order valence-corrected chi connectivity index (χ1v) is 10.3. The summed E-state index contributed by atoms with van der Waals surface area (Å²) < 4.78 is 38.7. The van der Waals surface area contributed by atoms with Crippen molar-refractivity contribution < 1.29 is 18.0 Å². The number of halogens is 3. The smallest absolute Gasteiger partial charge is 0.356 e. The first-order chi connectivity index (χ1) is 14.2. The van der Waals surface area contributed by atoms with E-state index < -0.39 is 11.7 Å². The lowest BCUT2D eigenvalue weighted by atomic mass is 10.1. The Bertz CT molecular complexity index is 864. The first kappa shape index (κ1) is 23.7. The summed E-state index contributed by atoms with van der Waals surface area (Å²) in [6.45, 7) is 2.67. The van der Waals surface area contributed by atoms with Crippen LogP contribution in [-0.4, -0.2) is 48.9 Å². The Kier molecular flexibility index (Phi) is 8.64. The van der Waals surface area contributed by atoms with Gasteiger partial charge in [-0.1, -0.05) is 19.1 Å². The van der Waals surface area contributed by atoms with E-state index in [2.05, 4.69) is 27.5 Å². The van der Waals surface area contributed by atoms with E-state index in [1.54, 1.807) is 31.5 Å². The van der Waals surface area contributed by atoms with Crippen molar-refractivity contribution in [3.8, 4) is 0 Å². The predicted octanol–water partition coefficient (Wildman–Crippen LogP) is 3.09. The molecule has 0 aliphatic rings. The molecule has 30 heavy (non-hydrogen) atoms. The van der Waals surface area contributed by atoms with Gasteiger partial charge in [-0.05, 0) is 24.1 Å². The average molecular weight is 442 g/mol. The lowest BCUT2D eigenvalue weighted by Gasteiger charge is -2.15. The van der Waals surface area contributed by atoms with Gasteiger partial charge < -0.3 is 15.5 Å². The summed E-state index contributed by atoms with van der Waals surface area (Å²) in [6.07, 6.45) is -0.932. The molecule has 0 fully saturated rings. The third-order valence-electron chi connectivity index (χ3n) is 4.16. The van der Waals surface area contributed by atoms with E-state index in [-0.39, 0.29) is 19.0 Å². The summed E-state index contributed by atoms with van der Waals surface area (Å²) in [7, 11) is 3.29. The molecule has 0 bridgehead atoms. The van der Waals surface area contributed by atoms with Crippen LogP contribution in [0.25, 0.3) is 0 Å². The van der Waals surface area contributed by atoms with Crippen LogP contribution in [0.4, 0.5) is 13.2 Å². The highest BCUT2D eigenvalue weighted by Crippen LogP contribution is 2.29. The maximum Gasteiger partial charge on any atom is 0.416 e. The summed E-state index contributed by atoms with van der Waals surface area (Å²) in [5.41, 5.74) is -0.284. The zero-order valence-corrected chi connectivity index (χ0v) is 18.0. The molecule has 2 rings (SSSR count). The Balaban J connectivity index is 2.03. The van der Waals surface area contributed by atoms with E-state index in [9.17, 15) is 18.0 Å². The van der Waals surface area contributed by atoms with Gasteiger partial charge in [0, 0.05) is 38.1 Å². The largest absolute Gasteiger partial charge is 0.416 e. The molecule has 0 aliphatic carbocycles. The maximum absolute atomic E-state index is 12.9. The van der Waals surface area contributed by atoms with Gasteiger partial charge in [0.1, 0.15) is 0 Å². The molecule has 10 heteroatoms. The third-order valence-corrected chi connectivity index (χ3v) is 5.36. The number of hydrogen-bond donors (Lipinski definition) is 2. The van der Waals surface area contributed by atoms with Crippen molar-refractivity contribution in [1.29, 1.82) is 0 Å². The van der Waals surface area contributed by atoms with Crippen molar-refractivity contribution in [3.63, 3.8) is 0 Å². The van der Waals surface area contributed by atoms with Crippen LogP contribution in [0.5, 0.6) is 0 Å². The zero-order valence-electron chi connectivity index (χ0n) is 17.2. The minimum absolute atomic E-state index is 0.0264. The Morgan fingerprint density at radius 2 is 2.03 bits per heavy atom. The lowest BCUT2D eigenvalue weighted by Crippen LogP contribution is -2.43. The van der Waals surface area contributed by atoms with Gasteiger partial charge in [-0.15, -0.1) is 11.3 Å². The molecule has 2 aromatic rings. The number of aryl methyl sites for hydroxylation is 1. The first-order valence-electron chi connectivity index (χ1n) is 9.51. The molecular weight excluding hydrogens is 415 g/mol. The van der Waals surface area contributed by atoms with E-state index in [4.69, 9.17) is 0 Å². The Morgan fingerprint density at radius 1 is 1.27 bits per heavy atom. The lowest BCUT2D eigenvalue weighted by molar-refractivity contribution is -0.137. The molecule has 0 saturated heterocycles. The molecule has 0 aliphatic heterocycles. The number of aliphatic imine (C=N–C) groups is 1. The van der Waals surface area contributed by atoms with Crippen molar-refractivity contribution in [1.82, 2.24) is 20.5 Å². The molecule has 1 aromatic heterocycles. The standard InChI is InChI=1S/C20H26F3N5OS/c1-4-16-12-25-17(30-16)8-9-24-19(27-13-18(29)28(2)3)26-11-14-6-5-7-15(10-14)20(21,22)23/h5-7,10,12H,4,8-9,11,13H2,1-3H3,(H2,24,26,27). The topological polar surface area (TPSA) is 69.6 Å². The number of likely N-dealkylation sites (N-methyl/N-ethyl adjacent to an activating group) is 1. The molecule has 1 aromatic carbocycles. The average Bonchev–Trinajstić information content (AvgIpc) is 3.16. The van der Waals surface area contributed by atoms with Gasteiger partial charge in [-0.2, -0.15) is 13.2 Å². The van der Waals surface area contributed by atoms with Crippen LogP contribution in [-0.2, 0) is 30.4 Å². The summed E-state index contributed by atoms with van der Waals surface area (Å²) in [5.74, 6) is 0.214. The number of nitrogens with zero attached hydrogens (tertiary/aromatic N) is 3. The molecule has 2 N–H and O–H groups in total. The zero-order chi connectivity index (χ0) is 22.1. The summed E-state index contributed by atoms with van der Waals surface area (Å²) in [4.78, 5) is 23.2. The number of amides is 1. The van der Waals surface area contributed by atoms with Crippen molar-refractivity contribution >= 4 is 23.2 Å².